The zero-order valence-corrected chi connectivity index (χ0v) is 14.4. The van der Waals surface area contributed by atoms with Crippen LogP contribution in [0.15, 0.2) is 27.4 Å². The van der Waals surface area contributed by atoms with Gasteiger partial charge in [0.05, 0.1) is 6.61 Å². The van der Waals surface area contributed by atoms with Gasteiger partial charge in [-0.15, -0.1) is 0 Å². The molecular formula is C18H22N2O5. The zero-order chi connectivity index (χ0) is 18.0. The maximum Gasteiger partial charge on any atom is 0.409 e. The minimum Gasteiger partial charge on any atom is -0.508 e. The highest BCUT2D eigenvalue weighted by Crippen LogP contribution is 2.26. The molecule has 2 heterocycles. The summed E-state index contributed by atoms with van der Waals surface area (Å²) in [4.78, 5) is 27.4. The number of benzene rings is 1. The van der Waals surface area contributed by atoms with E-state index in [-0.39, 0.29) is 11.8 Å². The molecule has 0 aliphatic carbocycles. The smallest absolute Gasteiger partial charge is 0.409 e. The molecule has 1 aromatic carbocycles. The van der Waals surface area contributed by atoms with Gasteiger partial charge in [0.25, 0.3) is 0 Å². The van der Waals surface area contributed by atoms with E-state index in [1.54, 1.807) is 30.9 Å². The molecule has 1 N–H and O–H groups in total. The van der Waals surface area contributed by atoms with Crippen molar-refractivity contribution in [1.82, 2.24) is 9.80 Å². The van der Waals surface area contributed by atoms with Gasteiger partial charge in [-0.05, 0) is 37.1 Å². The van der Waals surface area contributed by atoms with Crippen LogP contribution in [0, 0.1) is 6.92 Å². The summed E-state index contributed by atoms with van der Waals surface area (Å²) < 4.78 is 10.3. The number of fused-ring (bicyclic) bond motifs is 1. The van der Waals surface area contributed by atoms with E-state index < -0.39 is 5.63 Å². The molecule has 1 fully saturated rings. The Balaban J connectivity index is 1.77. The number of hydrogen-bond donors (Lipinski definition) is 1. The van der Waals surface area contributed by atoms with E-state index >= 15 is 0 Å². The molecule has 1 amide bonds. The molecule has 3 rings (SSSR count). The van der Waals surface area contributed by atoms with Crippen molar-refractivity contribution in [1.29, 1.82) is 0 Å². The van der Waals surface area contributed by atoms with Gasteiger partial charge in [-0.25, -0.2) is 9.59 Å². The van der Waals surface area contributed by atoms with Gasteiger partial charge in [-0.3, -0.25) is 4.90 Å². The summed E-state index contributed by atoms with van der Waals surface area (Å²) in [6, 6.07) is 4.78. The number of carbonyl (C=O) groups is 1. The van der Waals surface area contributed by atoms with Crippen LogP contribution in [0.25, 0.3) is 11.0 Å². The maximum atomic E-state index is 11.8. The quantitative estimate of drug-likeness (QED) is 0.857. The number of rotatable bonds is 3. The van der Waals surface area contributed by atoms with Gasteiger partial charge in [0.2, 0.25) is 0 Å². The summed E-state index contributed by atoms with van der Waals surface area (Å²) >= 11 is 0. The third-order valence-corrected chi connectivity index (χ3v) is 4.44. The average Bonchev–Trinajstić information content (AvgIpc) is 2.57. The summed E-state index contributed by atoms with van der Waals surface area (Å²) in [5.74, 6) is 0.176. The molecule has 0 spiro atoms. The van der Waals surface area contributed by atoms with Gasteiger partial charge in [-0.1, -0.05) is 0 Å². The number of aryl methyl sites for hydroxylation is 1. The van der Waals surface area contributed by atoms with Crippen LogP contribution in [0.1, 0.15) is 18.1 Å². The molecule has 1 aromatic heterocycles. The highest BCUT2D eigenvalue weighted by Gasteiger charge is 2.22. The van der Waals surface area contributed by atoms with Crippen molar-refractivity contribution in [3.8, 4) is 5.75 Å². The van der Waals surface area contributed by atoms with Crippen molar-refractivity contribution in [3.05, 3.63) is 39.7 Å². The summed E-state index contributed by atoms with van der Waals surface area (Å²) in [5.41, 5.74) is 1.54. The number of amides is 1. The first kappa shape index (κ1) is 17.3. The Morgan fingerprint density at radius 1 is 1.24 bits per heavy atom. The number of ether oxygens (including phenoxy) is 1. The van der Waals surface area contributed by atoms with E-state index in [2.05, 4.69) is 4.90 Å². The lowest BCUT2D eigenvalue weighted by molar-refractivity contribution is 0.0779. The Labute approximate surface area is 145 Å². The molecule has 1 aliphatic rings. The molecule has 0 saturated carbocycles. The van der Waals surface area contributed by atoms with Crippen LogP contribution < -0.4 is 5.63 Å². The number of nitrogens with zero attached hydrogens (tertiary/aromatic N) is 2. The standard InChI is InChI=1S/C18H22N2O5/c1-3-24-18(23)20-6-4-19(5-7-20)11-13-9-17(22)25-16-8-12(2)15(21)10-14(13)16/h8-10,21H,3-7,11H2,1-2H3. The highest BCUT2D eigenvalue weighted by molar-refractivity contribution is 5.82. The fourth-order valence-electron chi connectivity index (χ4n) is 3.04. The third-order valence-electron chi connectivity index (χ3n) is 4.44. The molecule has 0 atom stereocenters. The van der Waals surface area contributed by atoms with Crippen LogP contribution in [-0.2, 0) is 11.3 Å². The molecule has 7 nitrogen and oxygen atoms in total. The second-order valence-electron chi connectivity index (χ2n) is 6.19. The molecule has 0 unspecified atom stereocenters. The third kappa shape index (κ3) is 3.76. The van der Waals surface area contributed by atoms with Crippen molar-refractivity contribution in [2.45, 2.75) is 20.4 Å². The molecule has 1 saturated heterocycles. The van der Waals surface area contributed by atoms with Gasteiger partial charge in [0, 0.05) is 44.2 Å². The molecule has 1 aliphatic heterocycles. The normalized spacial score (nSPS) is 15.5. The fourth-order valence-corrected chi connectivity index (χ4v) is 3.04. The largest absolute Gasteiger partial charge is 0.508 e. The van der Waals surface area contributed by atoms with E-state index in [9.17, 15) is 14.7 Å². The van der Waals surface area contributed by atoms with Crippen LogP contribution in [-0.4, -0.2) is 53.8 Å². The monoisotopic (exact) mass is 346 g/mol. The molecular weight excluding hydrogens is 324 g/mol. The van der Waals surface area contributed by atoms with Crippen LogP contribution in [0.5, 0.6) is 5.75 Å². The summed E-state index contributed by atoms with van der Waals surface area (Å²) in [5, 5.41) is 10.7. The second kappa shape index (κ2) is 7.14. The average molecular weight is 346 g/mol. The van der Waals surface area contributed by atoms with Crippen molar-refractivity contribution in [2.24, 2.45) is 0 Å². The minimum atomic E-state index is -0.405. The number of hydrogen-bond acceptors (Lipinski definition) is 6. The van der Waals surface area contributed by atoms with E-state index in [4.69, 9.17) is 9.15 Å². The number of phenols is 1. The number of piperazine rings is 1. The first-order valence-corrected chi connectivity index (χ1v) is 8.38. The Morgan fingerprint density at radius 2 is 1.96 bits per heavy atom. The minimum absolute atomic E-state index is 0.176. The van der Waals surface area contributed by atoms with Crippen LogP contribution in [0.2, 0.25) is 0 Å². The second-order valence-corrected chi connectivity index (χ2v) is 6.19. The number of carbonyl (C=O) groups excluding carboxylic acids is 1. The predicted octanol–water partition coefficient (Wildman–Crippen LogP) is 2.08. The first-order valence-electron chi connectivity index (χ1n) is 8.38. The summed E-state index contributed by atoms with van der Waals surface area (Å²) in [6.07, 6.45) is -0.284. The Hall–Kier alpha value is -2.54. The molecule has 134 valence electrons. The van der Waals surface area contributed by atoms with Gasteiger partial charge in [0.1, 0.15) is 11.3 Å². The van der Waals surface area contributed by atoms with Crippen molar-refractivity contribution < 1.29 is 19.1 Å². The van der Waals surface area contributed by atoms with Gasteiger partial charge >= 0.3 is 11.7 Å². The van der Waals surface area contributed by atoms with Crippen molar-refractivity contribution in [3.63, 3.8) is 0 Å². The Bertz CT molecular complexity index is 837. The zero-order valence-electron chi connectivity index (χ0n) is 14.4. The lowest BCUT2D eigenvalue weighted by Crippen LogP contribution is -2.48. The SMILES string of the molecule is CCOC(=O)N1CCN(Cc2cc(=O)oc3cc(C)c(O)cc23)CC1. The number of aromatic hydroxyl groups is 1. The lowest BCUT2D eigenvalue weighted by Gasteiger charge is -2.34. The van der Waals surface area contributed by atoms with Crippen LogP contribution >= 0.6 is 0 Å². The molecule has 7 heteroatoms. The van der Waals surface area contributed by atoms with E-state index in [0.717, 1.165) is 10.9 Å². The molecule has 0 radical (unpaired) electrons. The van der Waals surface area contributed by atoms with Crippen molar-refractivity contribution >= 4 is 17.1 Å². The summed E-state index contributed by atoms with van der Waals surface area (Å²) in [7, 11) is 0. The van der Waals surface area contributed by atoms with Crippen molar-refractivity contribution in [2.75, 3.05) is 32.8 Å². The Morgan fingerprint density at radius 3 is 2.64 bits per heavy atom. The van der Waals surface area contributed by atoms with Gasteiger partial charge < -0.3 is 19.2 Å². The molecule has 2 aromatic rings. The van der Waals surface area contributed by atoms with Crippen LogP contribution in [0.3, 0.4) is 0 Å². The van der Waals surface area contributed by atoms with E-state index in [1.807, 2.05) is 0 Å². The van der Waals surface area contributed by atoms with Crippen LogP contribution in [0.4, 0.5) is 4.79 Å². The first-order chi connectivity index (χ1) is 12.0. The topological polar surface area (TPSA) is 83.2 Å². The Kier molecular flexibility index (Phi) is 4.94. The van der Waals surface area contributed by atoms with E-state index in [1.165, 1.54) is 6.07 Å². The highest BCUT2D eigenvalue weighted by atomic mass is 16.6. The number of phenolic OH excluding ortho intramolecular Hbond substituents is 1. The molecule has 0 bridgehead atoms. The van der Waals surface area contributed by atoms with Gasteiger partial charge in [0.15, 0.2) is 0 Å². The van der Waals surface area contributed by atoms with Gasteiger partial charge in [-0.2, -0.15) is 0 Å². The predicted molar refractivity (Wildman–Crippen MR) is 92.8 cm³/mol. The molecule has 25 heavy (non-hydrogen) atoms. The summed E-state index contributed by atoms with van der Waals surface area (Å²) in [6.45, 7) is 7.03. The lowest BCUT2D eigenvalue weighted by atomic mass is 10.1. The van der Waals surface area contributed by atoms with E-state index in [0.29, 0.717) is 50.5 Å². The fraction of sp³-hybridized carbons (Fsp3) is 0.444. The maximum absolute atomic E-state index is 11.8.